The lowest BCUT2D eigenvalue weighted by molar-refractivity contribution is -0.132. The molecule has 0 saturated carbocycles. The van der Waals surface area contributed by atoms with E-state index in [-0.39, 0.29) is 18.0 Å². The highest BCUT2D eigenvalue weighted by Gasteiger charge is 2.22. The third-order valence-corrected chi connectivity index (χ3v) is 4.63. The van der Waals surface area contributed by atoms with Crippen molar-refractivity contribution in [2.45, 2.75) is 6.54 Å². The Kier molecular flexibility index (Phi) is 5.05. The van der Waals surface area contributed by atoms with Gasteiger partial charge in [0.1, 0.15) is 12.2 Å². The summed E-state index contributed by atoms with van der Waals surface area (Å²) in [4.78, 5) is 36.2. The molecule has 4 rings (SSSR count). The maximum absolute atomic E-state index is 12.4. The van der Waals surface area contributed by atoms with Crippen molar-refractivity contribution in [2.75, 3.05) is 31.1 Å². The van der Waals surface area contributed by atoms with E-state index in [1.54, 1.807) is 11.1 Å². The summed E-state index contributed by atoms with van der Waals surface area (Å²) in [6, 6.07) is 10.8. The van der Waals surface area contributed by atoms with Gasteiger partial charge in [-0.05, 0) is 24.3 Å². The molecule has 4 heterocycles. The number of amides is 1. The molecular weight excluding hydrogens is 358 g/mol. The Morgan fingerprint density at radius 1 is 0.929 bits per heavy atom. The van der Waals surface area contributed by atoms with Crippen LogP contribution in [0.5, 0.6) is 0 Å². The van der Waals surface area contributed by atoms with Crippen molar-refractivity contribution in [2.24, 2.45) is 0 Å². The SMILES string of the molecule is O=C(Cn1cnccc1=O)N1CCN(c2ccc(-c3ccccn3)nn2)CC1. The summed E-state index contributed by atoms with van der Waals surface area (Å²) in [6.45, 7) is 2.46. The van der Waals surface area contributed by atoms with E-state index in [1.807, 2.05) is 30.3 Å². The zero-order valence-corrected chi connectivity index (χ0v) is 15.2. The molecule has 0 radical (unpaired) electrons. The van der Waals surface area contributed by atoms with Gasteiger partial charge in [0, 0.05) is 44.6 Å². The quantitative estimate of drug-likeness (QED) is 0.651. The number of pyridine rings is 1. The van der Waals surface area contributed by atoms with Gasteiger partial charge in [-0.3, -0.25) is 19.1 Å². The Morgan fingerprint density at radius 3 is 2.46 bits per heavy atom. The predicted octanol–water partition coefficient (Wildman–Crippen LogP) is 0.444. The molecule has 0 atom stereocenters. The second-order valence-electron chi connectivity index (χ2n) is 6.41. The van der Waals surface area contributed by atoms with Crippen LogP contribution in [0.15, 0.2) is 59.9 Å². The van der Waals surface area contributed by atoms with Crippen LogP contribution in [0.25, 0.3) is 11.4 Å². The van der Waals surface area contributed by atoms with Gasteiger partial charge in [0.15, 0.2) is 5.82 Å². The molecule has 3 aromatic heterocycles. The fourth-order valence-corrected chi connectivity index (χ4v) is 3.07. The molecule has 0 aliphatic carbocycles. The van der Waals surface area contributed by atoms with Crippen LogP contribution in [0.2, 0.25) is 0 Å². The first-order valence-corrected chi connectivity index (χ1v) is 8.99. The van der Waals surface area contributed by atoms with Crippen molar-refractivity contribution in [1.82, 2.24) is 29.6 Å². The number of carbonyl (C=O) groups is 1. The standard InChI is InChI=1S/C19H19N7O2/c27-18-6-8-20-14-26(18)13-19(28)25-11-9-24(10-12-25)17-5-4-16(22-23-17)15-3-1-2-7-21-15/h1-8,14H,9-13H2. The molecule has 0 bridgehead atoms. The van der Waals surface area contributed by atoms with Crippen LogP contribution in [0.4, 0.5) is 5.82 Å². The van der Waals surface area contributed by atoms with Gasteiger partial charge in [0.25, 0.3) is 5.56 Å². The van der Waals surface area contributed by atoms with Crippen molar-refractivity contribution >= 4 is 11.7 Å². The monoisotopic (exact) mass is 377 g/mol. The summed E-state index contributed by atoms with van der Waals surface area (Å²) in [6.07, 6.45) is 4.53. The number of piperazine rings is 1. The van der Waals surface area contributed by atoms with Crippen LogP contribution in [-0.4, -0.2) is 61.7 Å². The van der Waals surface area contributed by atoms with Gasteiger partial charge in [0.2, 0.25) is 5.91 Å². The van der Waals surface area contributed by atoms with Gasteiger partial charge < -0.3 is 9.80 Å². The molecule has 1 fully saturated rings. The van der Waals surface area contributed by atoms with E-state index in [0.717, 1.165) is 17.2 Å². The molecule has 9 heteroatoms. The number of hydrogen-bond acceptors (Lipinski definition) is 7. The maximum Gasteiger partial charge on any atom is 0.253 e. The van der Waals surface area contributed by atoms with E-state index < -0.39 is 0 Å². The highest BCUT2D eigenvalue weighted by Crippen LogP contribution is 2.17. The van der Waals surface area contributed by atoms with Crippen molar-refractivity contribution in [1.29, 1.82) is 0 Å². The van der Waals surface area contributed by atoms with E-state index in [2.05, 4.69) is 25.1 Å². The Bertz CT molecular complexity index is 997. The molecule has 1 saturated heterocycles. The number of rotatable bonds is 4. The fourth-order valence-electron chi connectivity index (χ4n) is 3.07. The van der Waals surface area contributed by atoms with E-state index in [0.29, 0.717) is 26.2 Å². The molecule has 1 amide bonds. The molecule has 142 valence electrons. The highest BCUT2D eigenvalue weighted by molar-refractivity contribution is 5.76. The molecule has 0 spiro atoms. The van der Waals surface area contributed by atoms with Crippen LogP contribution in [0.3, 0.4) is 0 Å². The number of aromatic nitrogens is 5. The third-order valence-electron chi connectivity index (χ3n) is 4.63. The van der Waals surface area contributed by atoms with Crippen LogP contribution in [-0.2, 0) is 11.3 Å². The number of anilines is 1. The summed E-state index contributed by atoms with van der Waals surface area (Å²) in [5.41, 5.74) is 1.27. The lowest BCUT2D eigenvalue weighted by Gasteiger charge is -2.35. The van der Waals surface area contributed by atoms with Crippen molar-refractivity contribution in [3.05, 3.63) is 65.5 Å². The smallest absolute Gasteiger partial charge is 0.253 e. The molecule has 0 unspecified atom stereocenters. The first-order valence-electron chi connectivity index (χ1n) is 8.99. The first-order chi connectivity index (χ1) is 13.7. The Labute approximate surface area is 161 Å². The normalized spacial score (nSPS) is 14.1. The highest BCUT2D eigenvalue weighted by atomic mass is 16.2. The van der Waals surface area contributed by atoms with Gasteiger partial charge >= 0.3 is 0 Å². The zero-order valence-electron chi connectivity index (χ0n) is 15.2. The lowest BCUT2D eigenvalue weighted by Crippen LogP contribution is -2.50. The lowest BCUT2D eigenvalue weighted by atomic mass is 10.2. The largest absolute Gasteiger partial charge is 0.352 e. The average molecular weight is 377 g/mol. The van der Waals surface area contributed by atoms with Crippen LogP contribution in [0.1, 0.15) is 0 Å². The number of carbonyl (C=O) groups excluding carboxylic acids is 1. The maximum atomic E-state index is 12.4. The van der Waals surface area contributed by atoms with Gasteiger partial charge in [-0.1, -0.05) is 6.07 Å². The molecule has 3 aromatic rings. The minimum atomic E-state index is -0.231. The van der Waals surface area contributed by atoms with Gasteiger partial charge in [-0.15, -0.1) is 10.2 Å². The van der Waals surface area contributed by atoms with Crippen LogP contribution in [0, 0.1) is 0 Å². The molecule has 1 aliphatic rings. The topological polar surface area (TPSA) is 97.1 Å². The third kappa shape index (κ3) is 3.88. The molecule has 28 heavy (non-hydrogen) atoms. The second-order valence-corrected chi connectivity index (χ2v) is 6.41. The summed E-state index contributed by atoms with van der Waals surface area (Å²) in [5.74, 6) is 0.682. The summed E-state index contributed by atoms with van der Waals surface area (Å²) >= 11 is 0. The van der Waals surface area contributed by atoms with Crippen molar-refractivity contribution in [3.63, 3.8) is 0 Å². The zero-order chi connectivity index (χ0) is 19.3. The Balaban J connectivity index is 1.35. The molecule has 1 aliphatic heterocycles. The number of hydrogen-bond donors (Lipinski definition) is 0. The number of nitrogens with zero attached hydrogens (tertiary/aromatic N) is 7. The summed E-state index contributed by atoms with van der Waals surface area (Å²) in [7, 11) is 0. The molecule has 0 aromatic carbocycles. The second kappa shape index (κ2) is 7.95. The minimum absolute atomic E-state index is 0.00521. The summed E-state index contributed by atoms with van der Waals surface area (Å²) < 4.78 is 1.32. The van der Waals surface area contributed by atoms with Crippen LogP contribution < -0.4 is 10.5 Å². The van der Waals surface area contributed by atoms with Crippen molar-refractivity contribution < 1.29 is 4.79 Å². The Hall–Kier alpha value is -3.62. The first kappa shape index (κ1) is 17.8. The fraction of sp³-hybridized carbons (Fsp3) is 0.263. The predicted molar refractivity (Wildman–Crippen MR) is 103 cm³/mol. The van der Waals surface area contributed by atoms with Gasteiger partial charge in [-0.25, -0.2) is 4.98 Å². The van der Waals surface area contributed by atoms with E-state index >= 15 is 0 Å². The van der Waals surface area contributed by atoms with Crippen molar-refractivity contribution in [3.8, 4) is 11.4 Å². The van der Waals surface area contributed by atoms with Gasteiger partial charge in [-0.2, -0.15) is 0 Å². The van der Waals surface area contributed by atoms with Gasteiger partial charge in [0.05, 0.1) is 12.0 Å². The Morgan fingerprint density at radius 2 is 1.79 bits per heavy atom. The molecular formula is C19H19N7O2. The average Bonchev–Trinajstić information content (AvgIpc) is 2.76. The molecule has 0 N–H and O–H groups in total. The van der Waals surface area contributed by atoms with E-state index in [4.69, 9.17) is 0 Å². The van der Waals surface area contributed by atoms with Crippen LogP contribution >= 0.6 is 0 Å². The summed E-state index contributed by atoms with van der Waals surface area (Å²) in [5, 5.41) is 8.57. The minimum Gasteiger partial charge on any atom is -0.352 e. The van der Waals surface area contributed by atoms with E-state index in [1.165, 1.54) is 23.2 Å². The van der Waals surface area contributed by atoms with E-state index in [9.17, 15) is 9.59 Å². The molecule has 9 nitrogen and oxygen atoms in total.